The van der Waals surface area contributed by atoms with E-state index in [4.69, 9.17) is 5.11 Å². The van der Waals surface area contributed by atoms with Crippen molar-refractivity contribution in [2.45, 2.75) is 32.3 Å². The molecule has 0 spiro atoms. The molecular weight excluding hydrogens is 215 g/mol. The fraction of sp³-hybridized carbons (Fsp3) is 1.00. The molecule has 0 bridgehead atoms. The van der Waals surface area contributed by atoms with E-state index in [0.717, 1.165) is 17.3 Å². The Morgan fingerprint density at radius 1 is 1.50 bits per heavy atom. The number of halogens is 1. The summed E-state index contributed by atoms with van der Waals surface area (Å²) >= 11 is 2.32. The molecule has 0 aromatic rings. The highest BCUT2D eigenvalue weighted by Crippen LogP contribution is 2.10. The summed E-state index contributed by atoms with van der Waals surface area (Å²) in [6, 6.07) is 0. The van der Waals surface area contributed by atoms with Crippen LogP contribution in [0.2, 0.25) is 0 Å². The standard InChI is InChI=1S/C6H13IO/c1-6(2,8)4-3-5-7/h8H,3-5H2,1-2H3. The molecule has 8 heavy (non-hydrogen) atoms. The maximum atomic E-state index is 9.15. The van der Waals surface area contributed by atoms with E-state index in [1.54, 1.807) is 0 Å². The maximum Gasteiger partial charge on any atom is 0.0592 e. The molecule has 0 aliphatic carbocycles. The van der Waals surface area contributed by atoms with Crippen LogP contribution >= 0.6 is 22.6 Å². The van der Waals surface area contributed by atoms with E-state index in [1.165, 1.54) is 0 Å². The topological polar surface area (TPSA) is 20.2 Å². The van der Waals surface area contributed by atoms with E-state index in [-0.39, 0.29) is 0 Å². The van der Waals surface area contributed by atoms with Gasteiger partial charge in [0, 0.05) is 0 Å². The van der Waals surface area contributed by atoms with Gasteiger partial charge in [0.2, 0.25) is 0 Å². The predicted octanol–water partition coefficient (Wildman–Crippen LogP) is 1.97. The first-order valence-electron chi connectivity index (χ1n) is 2.84. The molecule has 1 N–H and O–H groups in total. The Labute approximate surface area is 64.6 Å². The lowest BCUT2D eigenvalue weighted by Gasteiger charge is -2.14. The fourth-order valence-corrected chi connectivity index (χ4v) is 0.881. The van der Waals surface area contributed by atoms with Crippen LogP contribution in [-0.4, -0.2) is 15.1 Å². The zero-order valence-corrected chi connectivity index (χ0v) is 7.60. The van der Waals surface area contributed by atoms with Crippen LogP contribution in [0.3, 0.4) is 0 Å². The Bertz CT molecular complexity index is 56.0. The van der Waals surface area contributed by atoms with Crippen molar-refractivity contribution < 1.29 is 5.11 Å². The van der Waals surface area contributed by atoms with Crippen molar-refractivity contribution in [3.63, 3.8) is 0 Å². The first-order chi connectivity index (χ1) is 3.56. The molecule has 0 amide bonds. The van der Waals surface area contributed by atoms with Gasteiger partial charge in [-0.05, 0) is 31.1 Å². The van der Waals surface area contributed by atoms with Crippen molar-refractivity contribution in [3.05, 3.63) is 0 Å². The van der Waals surface area contributed by atoms with Crippen molar-refractivity contribution in [3.8, 4) is 0 Å². The summed E-state index contributed by atoms with van der Waals surface area (Å²) in [6.45, 7) is 3.69. The summed E-state index contributed by atoms with van der Waals surface area (Å²) in [7, 11) is 0. The summed E-state index contributed by atoms with van der Waals surface area (Å²) < 4.78 is 1.14. The molecule has 0 heterocycles. The van der Waals surface area contributed by atoms with Crippen molar-refractivity contribution in [1.82, 2.24) is 0 Å². The maximum absolute atomic E-state index is 9.15. The summed E-state index contributed by atoms with van der Waals surface area (Å²) in [5.74, 6) is 0. The third-order valence-corrected chi connectivity index (χ3v) is 1.69. The smallest absolute Gasteiger partial charge is 0.0592 e. The van der Waals surface area contributed by atoms with Gasteiger partial charge in [0.25, 0.3) is 0 Å². The molecule has 0 fully saturated rings. The molecule has 0 aliphatic rings. The Kier molecular flexibility index (Phi) is 3.98. The van der Waals surface area contributed by atoms with Gasteiger partial charge in [-0.2, -0.15) is 0 Å². The van der Waals surface area contributed by atoms with Gasteiger partial charge >= 0.3 is 0 Å². The molecule has 0 unspecified atom stereocenters. The van der Waals surface area contributed by atoms with Gasteiger partial charge in [-0.25, -0.2) is 0 Å². The number of alkyl halides is 1. The van der Waals surface area contributed by atoms with Crippen LogP contribution in [0, 0.1) is 0 Å². The van der Waals surface area contributed by atoms with Crippen molar-refractivity contribution in [1.29, 1.82) is 0 Å². The second-order valence-electron chi connectivity index (χ2n) is 2.60. The lowest BCUT2D eigenvalue weighted by molar-refractivity contribution is 0.0708. The summed E-state index contributed by atoms with van der Waals surface area (Å²) in [6.07, 6.45) is 2.03. The normalized spacial score (nSPS) is 12.0. The largest absolute Gasteiger partial charge is 0.390 e. The van der Waals surface area contributed by atoms with Gasteiger partial charge in [0.15, 0.2) is 0 Å². The minimum atomic E-state index is -0.453. The molecule has 0 radical (unpaired) electrons. The minimum absolute atomic E-state index is 0.453. The van der Waals surface area contributed by atoms with E-state index in [0.29, 0.717) is 0 Å². The predicted molar refractivity (Wildman–Crippen MR) is 44.4 cm³/mol. The third-order valence-electron chi connectivity index (χ3n) is 0.922. The van der Waals surface area contributed by atoms with Gasteiger partial charge in [-0.15, -0.1) is 0 Å². The molecule has 0 saturated carbocycles. The zero-order valence-electron chi connectivity index (χ0n) is 5.45. The molecule has 1 nitrogen and oxygen atoms in total. The van der Waals surface area contributed by atoms with Crippen molar-refractivity contribution >= 4 is 22.6 Å². The molecule has 2 heteroatoms. The van der Waals surface area contributed by atoms with Gasteiger partial charge in [0.1, 0.15) is 0 Å². The average molecular weight is 228 g/mol. The van der Waals surface area contributed by atoms with Crippen LogP contribution in [0.1, 0.15) is 26.7 Å². The summed E-state index contributed by atoms with van der Waals surface area (Å²) in [4.78, 5) is 0. The van der Waals surface area contributed by atoms with Crippen LogP contribution in [0.5, 0.6) is 0 Å². The van der Waals surface area contributed by atoms with Crippen molar-refractivity contribution in [2.75, 3.05) is 4.43 Å². The molecule has 0 aliphatic heterocycles. The lowest BCUT2D eigenvalue weighted by atomic mass is 10.0. The number of aliphatic hydroxyl groups is 1. The molecule has 0 aromatic heterocycles. The second kappa shape index (κ2) is 3.67. The SMILES string of the molecule is CC(C)(O)CCCI. The molecule has 0 atom stereocenters. The molecule has 0 rings (SSSR count). The van der Waals surface area contributed by atoms with E-state index in [1.807, 2.05) is 13.8 Å². The monoisotopic (exact) mass is 228 g/mol. The van der Waals surface area contributed by atoms with Gasteiger partial charge in [-0.1, -0.05) is 22.6 Å². The second-order valence-corrected chi connectivity index (χ2v) is 3.68. The van der Waals surface area contributed by atoms with Crippen LogP contribution in [0.4, 0.5) is 0 Å². The van der Waals surface area contributed by atoms with Crippen molar-refractivity contribution in [2.24, 2.45) is 0 Å². The molecular formula is C6H13IO. The zero-order chi connectivity index (χ0) is 6.62. The molecule has 0 saturated heterocycles. The first kappa shape index (κ1) is 8.69. The molecule has 0 aromatic carbocycles. The van der Waals surface area contributed by atoms with Gasteiger partial charge in [0.05, 0.1) is 5.60 Å². The Morgan fingerprint density at radius 2 is 2.00 bits per heavy atom. The summed E-state index contributed by atoms with van der Waals surface area (Å²) in [5, 5.41) is 9.15. The van der Waals surface area contributed by atoms with Crippen LogP contribution in [0.25, 0.3) is 0 Å². The minimum Gasteiger partial charge on any atom is -0.390 e. The summed E-state index contributed by atoms with van der Waals surface area (Å²) in [5.41, 5.74) is -0.453. The highest BCUT2D eigenvalue weighted by molar-refractivity contribution is 14.1. The highest BCUT2D eigenvalue weighted by Gasteiger charge is 2.09. The van der Waals surface area contributed by atoms with Gasteiger partial charge < -0.3 is 5.11 Å². The van der Waals surface area contributed by atoms with E-state index in [9.17, 15) is 0 Å². The van der Waals surface area contributed by atoms with Gasteiger partial charge in [-0.3, -0.25) is 0 Å². The third kappa shape index (κ3) is 6.69. The number of hydrogen-bond acceptors (Lipinski definition) is 1. The highest BCUT2D eigenvalue weighted by atomic mass is 127. The van der Waals surface area contributed by atoms with Crippen LogP contribution < -0.4 is 0 Å². The quantitative estimate of drug-likeness (QED) is 0.578. The van der Waals surface area contributed by atoms with E-state index >= 15 is 0 Å². The fourth-order valence-electron chi connectivity index (χ4n) is 0.499. The first-order valence-corrected chi connectivity index (χ1v) is 4.37. The van der Waals surface area contributed by atoms with Crippen LogP contribution in [-0.2, 0) is 0 Å². The van der Waals surface area contributed by atoms with Crippen LogP contribution in [0.15, 0.2) is 0 Å². The Balaban J connectivity index is 3.11. The number of hydrogen-bond donors (Lipinski definition) is 1. The average Bonchev–Trinajstić information content (AvgIpc) is 1.59. The number of rotatable bonds is 3. The lowest BCUT2D eigenvalue weighted by Crippen LogP contribution is -2.17. The molecule has 50 valence electrons. The van der Waals surface area contributed by atoms with E-state index in [2.05, 4.69) is 22.6 Å². The Hall–Kier alpha value is 0.690. The van der Waals surface area contributed by atoms with E-state index < -0.39 is 5.60 Å². The Morgan fingerprint density at radius 3 is 2.12 bits per heavy atom.